The molecule has 0 unspecified atom stereocenters. The van der Waals surface area contributed by atoms with Crippen molar-refractivity contribution < 1.29 is 18.3 Å². The van der Waals surface area contributed by atoms with Crippen molar-refractivity contribution in [2.24, 2.45) is 0 Å². The molecule has 92 valence electrons. The zero-order valence-electron chi connectivity index (χ0n) is 8.80. The van der Waals surface area contributed by atoms with E-state index in [0.29, 0.717) is 6.07 Å². The largest absolute Gasteiger partial charge is 0.480 e. The van der Waals surface area contributed by atoms with Gasteiger partial charge in [0.2, 0.25) is 0 Å². The number of nitrogens with one attached hydrogen (secondary N) is 1. The highest BCUT2D eigenvalue weighted by Crippen LogP contribution is 2.29. The number of halogens is 3. The van der Waals surface area contributed by atoms with Gasteiger partial charge >= 0.3 is 0 Å². The molecule has 0 spiro atoms. The zero-order valence-corrected chi connectivity index (χ0v) is 10.4. The predicted octanol–water partition coefficient (Wildman–Crippen LogP) is 2.38. The van der Waals surface area contributed by atoms with Crippen LogP contribution in [0.4, 0.5) is 8.78 Å². The zero-order chi connectivity index (χ0) is 12.4. The van der Waals surface area contributed by atoms with Crippen LogP contribution in [0.5, 0.6) is 5.75 Å². The van der Waals surface area contributed by atoms with Crippen molar-refractivity contribution in [2.45, 2.75) is 18.9 Å². The van der Waals surface area contributed by atoms with Gasteiger partial charge in [0.15, 0.2) is 18.2 Å². The van der Waals surface area contributed by atoms with Crippen LogP contribution in [0.3, 0.4) is 0 Å². The fourth-order valence-electron chi connectivity index (χ4n) is 1.30. The Morgan fingerprint density at radius 2 is 2.18 bits per heavy atom. The quantitative estimate of drug-likeness (QED) is 0.927. The van der Waals surface area contributed by atoms with Crippen LogP contribution >= 0.6 is 15.9 Å². The summed E-state index contributed by atoms with van der Waals surface area (Å²) in [6.07, 6.45) is 1.95. The Kier molecular flexibility index (Phi) is 3.61. The summed E-state index contributed by atoms with van der Waals surface area (Å²) >= 11 is 2.97. The van der Waals surface area contributed by atoms with Crippen molar-refractivity contribution in [3.63, 3.8) is 0 Å². The lowest BCUT2D eigenvalue weighted by atomic mass is 10.3. The van der Waals surface area contributed by atoms with Gasteiger partial charge in [-0.2, -0.15) is 0 Å². The Morgan fingerprint density at radius 3 is 2.76 bits per heavy atom. The van der Waals surface area contributed by atoms with Gasteiger partial charge in [-0.1, -0.05) is 0 Å². The Bertz CT molecular complexity index is 426. The molecule has 2 rings (SSSR count). The molecule has 0 bridgehead atoms. The van der Waals surface area contributed by atoms with Crippen LogP contribution in [0.2, 0.25) is 0 Å². The highest BCUT2D eigenvalue weighted by atomic mass is 79.9. The highest BCUT2D eigenvalue weighted by molar-refractivity contribution is 9.10. The van der Waals surface area contributed by atoms with Gasteiger partial charge in [0.1, 0.15) is 5.82 Å². The van der Waals surface area contributed by atoms with E-state index in [2.05, 4.69) is 21.2 Å². The van der Waals surface area contributed by atoms with E-state index in [1.807, 2.05) is 0 Å². The van der Waals surface area contributed by atoms with E-state index in [9.17, 15) is 13.6 Å². The van der Waals surface area contributed by atoms with Crippen LogP contribution in [0.1, 0.15) is 12.8 Å². The second-order valence-corrected chi connectivity index (χ2v) is 4.68. The van der Waals surface area contributed by atoms with Crippen LogP contribution in [-0.2, 0) is 4.79 Å². The molecule has 0 radical (unpaired) electrons. The third-order valence-electron chi connectivity index (χ3n) is 2.25. The van der Waals surface area contributed by atoms with Crippen LogP contribution in [0, 0.1) is 11.6 Å². The minimum atomic E-state index is -0.837. The molecule has 0 saturated heterocycles. The Balaban J connectivity index is 1.95. The Labute approximate surface area is 105 Å². The molecule has 1 fully saturated rings. The molecule has 1 amide bonds. The Morgan fingerprint density at radius 1 is 1.47 bits per heavy atom. The summed E-state index contributed by atoms with van der Waals surface area (Å²) < 4.78 is 31.3. The molecule has 3 nitrogen and oxygen atoms in total. The molecule has 0 aliphatic heterocycles. The lowest BCUT2D eigenvalue weighted by Crippen LogP contribution is -2.30. The van der Waals surface area contributed by atoms with E-state index < -0.39 is 11.6 Å². The first-order valence-corrected chi connectivity index (χ1v) is 5.92. The molecule has 6 heteroatoms. The van der Waals surface area contributed by atoms with Gasteiger partial charge in [0.25, 0.3) is 5.91 Å². The number of benzene rings is 1. The molecule has 1 aromatic carbocycles. The molecule has 1 N–H and O–H groups in total. The lowest BCUT2D eigenvalue weighted by molar-refractivity contribution is -0.123. The predicted molar refractivity (Wildman–Crippen MR) is 60.7 cm³/mol. The number of carbonyl (C=O) groups excluding carboxylic acids is 1. The maximum atomic E-state index is 13.3. The number of ether oxygens (including phenoxy) is 1. The monoisotopic (exact) mass is 305 g/mol. The van der Waals surface area contributed by atoms with E-state index >= 15 is 0 Å². The summed E-state index contributed by atoms with van der Waals surface area (Å²) in [6, 6.07) is 2.02. The van der Waals surface area contributed by atoms with Crippen LogP contribution in [0.15, 0.2) is 16.6 Å². The van der Waals surface area contributed by atoms with Crippen molar-refractivity contribution >= 4 is 21.8 Å². The standard InChI is InChI=1S/C11H10BrF2NO2/c12-8-3-6(13)4-9(14)11(8)17-5-10(16)15-7-1-2-7/h3-4,7H,1-2,5H2,(H,15,16). The summed E-state index contributed by atoms with van der Waals surface area (Å²) in [4.78, 5) is 11.3. The third kappa shape index (κ3) is 3.39. The summed E-state index contributed by atoms with van der Waals surface area (Å²) in [5.41, 5.74) is 0. The minimum Gasteiger partial charge on any atom is -0.480 e. The molecular formula is C11H10BrF2NO2. The Hall–Kier alpha value is -1.17. The summed E-state index contributed by atoms with van der Waals surface area (Å²) in [7, 11) is 0. The van der Waals surface area contributed by atoms with Gasteiger partial charge in [0, 0.05) is 12.1 Å². The molecular weight excluding hydrogens is 296 g/mol. The van der Waals surface area contributed by atoms with E-state index in [0.717, 1.165) is 18.9 Å². The average molecular weight is 306 g/mol. The second-order valence-electron chi connectivity index (χ2n) is 3.83. The number of rotatable bonds is 4. The topological polar surface area (TPSA) is 38.3 Å². The summed E-state index contributed by atoms with van der Waals surface area (Å²) in [6.45, 7) is -0.280. The van der Waals surface area contributed by atoms with E-state index in [-0.39, 0.29) is 28.8 Å². The second kappa shape index (κ2) is 5.00. The third-order valence-corrected chi connectivity index (χ3v) is 2.84. The first-order valence-electron chi connectivity index (χ1n) is 5.13. The van der Waals surface area contributed by atoms with Crippen molar-refractivity contribution in [3.05, 3.63) is 28.2 Å². The van der Waals surface area contributed by atoms with Crippen molar-refractivity contribution in [3.8, 4) is 5.75 Å². The number of hydrogen-bond donors (Lipinski definition) is 1. The fraction of sp³-hybridized carbons (Fsp3) is 0.364. The number of amides is 1. The van der Waals surface area contributed by atoms with Gasteiger partial charge in [0.05, 0.1) is 4.47 Å². The van der Waals surface area contributed by atoms with Gasteiger partial charge in [-0.05, 0) is 34.8 Å². The first kappa shape index (κ1) is 12.3. The van der Waals surface area contributed by atoms with E-state index in [1.165, 1.54) is 0 Å². The van der Waals surface area contributed by atoms with Crippen molar-refractivity contribution in [1.82, 2.24) is 5.32 Å². The smallest absolute Gasteiger partial charge is 0.258 e. The first-order chi connectivity index (χ1) is 8.06. The normalized spacial score (nSPS) is 14.5. The van der Waals surface area contributed by atoms with Crippen LogP contribution in [-0.4, -0.2) is 18.6 Å². The minimum absolute atomic E-state index is 0.147. The molecule has 1 aromatic rings. The fourth-order valence-corrected chi connectivity index (χ4v) is 1.82. The molecule has 1 aliphatic rings. The molecule has 17 heavy (non-hydrogen) atoms. The van der Waals surface area contributed by atoms with Gasteiger partial charge < -0.3 is 10.1 Å². The SMILES string of the molecule is O=C(COc1c(F)cc(F)cc1Br)NC1CC1. The van der Waals surface area contributed by atoms with Crippen LogP contribution < -0.4 is 10.1 Å². The molecule has 0 aromatic heterocycles. The lowest BCUT2D eigenvalue weighted by Gasteiger charge is -2.09. The van der Waals surface area contributed by atoms with Gasteiger partial charge in [-0.3, -0.25) is 4.79 Å². The average Bonchev–Trinajstić information content (AvgIpc) is 2.99. The summed E-state index contributed by atoms with van der Waals surface area (Å²) in [5, 5.41) is 2.70. The van der Waals surface area contributed by atoms with Crippen LogP contribution in [0.25, 0.3) is 0 Å². The molecule has 1 saturated carbocycles. The maximum absolute atomic E-state index is 13.3. The number of hydrogen-bond acceptors (Lipinski definition) is 2. The number of carbonyl (C=O) groups is 1. The molecule has 0 heterocycles. The molecule has 1 aliphatic carbocycles. The maximum Gasteiger partial charge on any atom is 0.258 e. The molecule has 0 atom stereocenters. The summed E-state index contributed by atoms with van der Waals surface area (Å²) in [5.74, 6) is -2.00. The van der Waals surface area contributed by atoms with Crippen molar-refractivity contribution in [1.29, 1.82) is 0 Å². The van der Waals surface area contributed by atoms with E-state index in [1.54, 1.807) is 0 Å². The van der Waals surface area contributed by atoms with Gasteiger partial charge in [-0.25, -0.2) is 8.78 Å². The van der Waals surface area contributed by atoms with Gasteiger partial charge in [-0.15, -0.1) is 0 Å². The van der Waals surface area contributed by atoms with Crippen molar-refractivity contribution in [2.75, 3.05) is 6.61 Å². The highest BCUT2D eigenvalue weighted by Gasteiger charge is 2.23. The van der Waals surface area contributed by atoms with E-state index in [4.69, 9.17) is 4.74 Å².